The van der Waals surface area contributed by atoms with Gasteiger partial charge in [0.2, 0.25) is 0 Å². The van der Waals surface area contributed by atoms with Gasteiger partial charge in [0.25, 0.3) is 17.2 Å². The molecule has 8 nitrogen and oxygen atoms in total. The zero-order valence-electron chi connectivity index (χ0n) is 11.2. The second kappa shape index (κ2) is 6.81. The molecule has 114 valence electrons. The van der Waals surface area contributed by atoms with Gasteiger partial charge in [-0.1, -0.05) is 11.6 Å². The van der Waals surface area contributed by atoms with Gasteiger partial charge < -0.3 is 5.32 Å². The number of nitrogens with one attached hydrogen (secondary N) is 1. The van der Waals surface area contributed by atoms with E-state index < -0.39 is 10.8 Å². The molecule has 1 amide bonds. The molecule has 0 aliphatic carbocycles. The van der Waals surface area contributed by atoms with E-state index in [1.165, 1.54) is 41.2 Å². The second-order valence-electron chi connectivity index (χ2n) is 4.26. The number of rotatable bonds is 5. The molecule has 1 N–H and O–H groups in total. The summed E-state index contributed by atoms with van der Waals surface area (Å²) in [6.45, 7) is 0.249. The molecular formula is C13H11ClN4O4. The first-order valence-corrected chi connectivity index (χ1v) is 6.61. The fraction of sp³-hybridized carbons (Fsp3) is 0.154. The SMILES string of the molecule is O=C(NCCn1ncccc1=O)c1cc(Cl)ccc1[N+](=O)[O-]. The Bertz CT molecular complexity index is 775. The molecule has 0 saturated heterocycles. The van der Waals surface area contributed by atoms with Gasteiger partial charge in [0.15, 0.2) is 0 Å². The summed E-state index contributed by atoms with van der Waals surface area (Å²) in [5.41, 5.74) is -0.770. The molecule has 0 bridgehead atoms. The number of nitrogens with zero attached hydrogens (tertiary/aromatic N) is 3. The molecule has 1 aromatic carbocycles. The highest BCUT2D eigenvalue weighted by atomic mass is 35.5. The molecule has 2 rings (SSSR count). The summed E-state index contributed by atoms with van der Waals surface area (Å²) in [6.07, 6.45) is 1.45. The number of nitro benzene ring substituents is 1. The second-order valence-corrected chi connectivity index (χ2v) is 4.70. The van der Waals surface area contributed by atoms with E-state index in [9.17, 15) is 19.7 Å². The van der Waals surface area contributed by atoms with Crippen molar-refractivity contribution in [2.75, 3.05) is 6.54 Å². The van der Waals surface area contributed by atoms with Crippen molar-refractivity contribution in [1.29, 1.82) is 0 Å². The maximum atomic E-state index is 12.0. The first kappa shape index (κ1) is 15.6. The fourth-order valence-electron chi connectivity index (χ4n) is 1.78. The molecule has 2 aromatic rings. The monoisotopic (exact) mass is 322 g/mol. The van der Waals surface area contributed by atoms with E-state index in [0.717, 1.165) is 0 Å². The van der Waals surface area contributed by atoms with Crippen molar-refractivity contribution < 1.29 is 9.72 Å². The predicted octanol–water partition coefficient (Wildman–Crippen LogP) is 1.23. The Labute approximate surface area is 129 Å². The number of benzene rings is 1. The highest BCUT2D eigenvalue weighted by Crippen LogP contribution is 2.22. The molecule has 0 saturated carbocycles. The molecule has 0 unspecified atom stereocenters. The standard InChI is InChI=1S/C13H11ClN4O4/c14-9-3-4-11(18(21)22)10(8-9)13(20)15-6-7-17-12(19)2-1-5-16-17/h1-5,8H,6-7H2,(H,15,20). The van der Waals surface area contributed by atoms with Crippen LogP contribution in [0.3, 0.4) is 0 Å². The van der Waals surface area contributed by atoms with Crippen molar-refractivity contribution >= 4 is 23.2 Å². The molecule has 0 aliphatic heterocycles. The van der Waals surface area contributed by atoms with Gasteiger partial charge in [-0.25, -0.2) is 4.68 Å². The van der Waals surface area contributed by atoms with Crippen LogP contribution < -0.4 is 10.9 Å². The first-order chi connectivity index (χ1) is 10.5. The van der Waals surface area contributed by atoms with Gasteiger partial charge in [0.1, 0.15) is 5.56 Å². The number of hydrogen-bond donors (Lipinski definition) is 1. The average Bonchev–Trinajstić information content (AvgIpc) is 2.48. The average molecular weight is 323 g/mol. The first-order valence-electron chi connectivity index (χ1n) is 6.23. The van der Waals surface area contributed by atoms with Gasteiger partial charge in [-0.3, -0.25) is 19.7 Å². The van der Waals surface area contributed by atoms with Gasteiger partial charge in [-0.05, 0) is 18.2 Å². The number of amides is 1. The summed E-state index contributed by atoms with van der Waals surface area (Å²) in [5.74, 6) is -0.641. The van der Waals surface area contributed by atoms with Crippen molar-refractivity contribution in [3.63, 3.8) is 0 Å². The lowest BCUT2D eigenvalue weighted by Gasteiger charge is -2.07. The summed E-state index contributed by atoms with van der Waals surface area (Å²) < 4.78 is 1.17. The van der Waals surface area contributed by atoms with Crippen LogP contribution in [-0.4, -0.2) is 27.2 Å². The summed E-state index contributed by atoms with van der Waals surface area (Å²) in [4.78, 5) is 33.7. The normalized spacial score (nSPS) is 10.2. The van der Waals surface area contributed by atoms with E-state index in [1.54, 1.807) is 0 Å². The number of halogens is 1. The van der Waals surface area contributed by atoms with Gasteiger partial charge in [0, 0.05) is 29.9 Å². The Morgan fingerprint density at radius 3 is 2.86 bits per heavy atom. The highest BCUT2D eigenvalue weighted by Gasteiger charge is 2.20. The highest BCUT2D eigenvalue weighted by molar-refractivity contribution is 6.31. The minimum Gasteiger partial charge on any atom is -0.350 e. The minimum atomic E-state index is -0.658. The van der Waals surface area contributed by atoms with Crippen LogP contribution in [0, 0.1) is 10.1 Å². The third-order valence-corrected chi connectivity index (χ3v) is 3.03. The van der Waals surface area contributed by atoms with E-state index in [0.29, 0.717) is 0 Å². The number of carbonyl (C=O) groups is 1. The Balaban J connectivity index is 2.07. The van der Waals surface area contributed by atoms with Gasteiger partial charge >= 0.3 is 0 Å². The molecule has 0 atom stereocenters. The van der Waals surface area contributed by atoms with Gasteiger partial charge in [0.05, 0.1) is 11.5 Å². The Morgan fingerprint density at radius 2 is 2.18 bits per heavy atom. The summed E-state index contributed by atoms with van der Waals surface area (Å²) in [6, 6.07) is 6.58. The molecule has 1 aromatic heterocycles. The van der Waals surface area contributed by atoms with Crippen LogP contribution in [0.25, 0.3) is 0 Å². The van der Waals surface area contributed by atoms with Crippen LogP contribution in [-0.2, 0) is 6.54 Å². The van der Waals surface area contributed by atoms with E-state index in [2.05, 4.69) is 10.4 Å². The van der Waals surface area contributed by atoms with Crippen LogP contribution in [0.2, 0.25) is 5.02 Å². The van der Waals surface area contributed by atoms with Crippen LogP contribution in [0.1, 0.15) is 10.4 Å². The lowest BCUT2D eigenvalue weighted by atomic mass is 10.1. The summed E-state index contributed by atoms with van der Waals surface area (Å²) in [5, 5.41) is 17.5. The number of hydrogen-bond acceptors (Lipinski definition) is 5. The third kappa shape index (κ3) is 3.67. The maximum Gasteiger partial charge on any atom is 0.282 e. The third-order valence-electron chi connectivity index (χ3n) is 2.79. The molecule has 22 heavy (non-hydrogen) atoms. The van der Waals surface area contributed by atoms with Crippen LogP contribution in [0.5, 0.6) is 0 Å². The smallest absolute Gasteiger partial charge is 0.282 e. The molecule has 0 spiro atoms. The fourth-order valence-corrected chi connectivity index (χ4v) is 1.95. The Morgan fingerprint density at radius 1 is 1.41 bits per heavy atom. The van der Waals surface area contributed by atoms with Crippen LogP contribution >= 0.6 is 11.6 Å². The molecule has 0 radical (unpaired) electrons. The van der Waals surface area contributed by atoms with E-state index >= 15 is 0 Å². The van der Waals surface area contributed by atoms with Crippen LogP contribution in [0.4, 0.5) is 5.69 Å². The Hall–Kier alpha value is -2.74. The quantitative estimate of drug-likeness (QED) is 0.658. The largest absolute Gasteiger partial charge is 0.350 e. The van der Waals surface area contributed by atoms with Gasteiger partial charge in [-0.2, -0.15) is 5.10 Å². The maximum absolute atomic E-state index is 12.0. The topological polar surface area (TPSA) is 107 Å². The van der Waals surface area contributed by atoms with E-state index in [-0.39, 0.29) is 34.9 Å². The molecular weight excluding hydrogens is 312 g/mol. The van der Waals surface area contributed by atoms with Crippen LogP contribution in [0.15, 0.2) is 41.3 Å². The molecule has 0 fully saturated rings. The summed E-state index contributed by atoms with van der Waals surface area (Å²) in [7, 11) is 0. The van der Waals surface area contributed by atoms with Crippen molar-refractivity contribution in [3.05, 3.63) is 67.6 Å². The lowest BCUT2D eigenvalue weighted by Crippen LogP contribution is -2.31. The molecule has 1 heterocycles. The van der Waals surface area contributed by atoms with Crippen molar-refractivity contribution in [3.8, 4) is 0 Å². The van der Waals surface area contributed by atoms with Crippen molar-refractivity contribution in [1.82, 2.24) is 15.1 Å². The van der Waals surface area contributed by atoms with Crippen molar-refractivity contribution in [2.24, 2.45) is 0 Å². The number of carbonyl (C=O) groups excluding carboxylic acids is 1. The predicted molar refractivity (Wildman–Crippen MR) is 78.9 cm³/mol. The lowest BCUT2D eigenvalue weighted by molar-refractivity contribution is -0.385. The summed E-state index contributed by atoms with van der Waals surface area (Å²) >= 11 is 5.76. The van der Waals surface area contributed by atoms with E-state index in [1.807, 2.05) is 0 Å². The molecule has 0 aliphatic rings. The Kier molecular flexibility index (Phi) is 4.84. The van der Waals surface area contributed by atoms with Gasteiger partial charge in [-0.15, -0.1) is 0 Å². The van der Waals surface area contributed by atoms with E-state index in [4.69, 9.17) is 11.6 Å². The zero-order chi connectivity index (χ0) is 16.1. The molecule has 9 heteroatoms. The number of aromatic nitrogens is 2. The number of nitro groups is 1. The minimum absolute atomic E-state index is 0.0966. The zero-order valence-corrected chi connectivity index (χ0v) is 12.0. The van der Waals surface area contributed by atoms with Crippen molar-refractivity contribution in [2.45, 2.75) is 6.54 Å².